The van der Waals surface area contributed by atoms with E-state index >= 15 is 0 Å². The molecule has 0 unspecified atom stereocenters. The second kappa shape index (κ2) is 10.6. The molecule has 1 aliphatic rings. The van der Waals surface area contributed by atoms with Crippen molar-refractivity contribution in [3.63, 3.8) is 0 Å². The summed E-state index contributed by atoms with van der Waals surface area (Å²) in [4.78, 5) is 30.6. The molecule has 4 rings (SSSR count). The Morgan fingerprint density at radius 1 is 1.29 bits per heavy atom. The third-order valence-electron chi connectivity index (χ3n) is 5.45. The normalized spacial score (nSPS) is 16.7. The zero-order valence-corrected chi connectivity index (χ0v) is 20.8. The molecule has 186 valence electrons. The maximum absolute atomic E-state index is 13.6. The molecule has 2 amide bonds. The highest BCUT2D eigenvalue weighted by atomic mass is 32.1. The second-order valence-corrected chi connectivity index (χ2v) is 10.5. The molecule has 11 heteroatoms. The molecule has 0 bridgehead atoms. The van der Waals surface area contributed by atoms with Gasteiger partial charge in [-0.1, -0.05) is 6.07 Å². The SMILES string of the molecule is CC(C)(C)NC(=O)[C@H](c1cccs1)N(C[C@@H]1CCCO1)C(=O)Cn1nnc(-c2ccc(F)cc2)n1. The Morgan fingerprint density at radius 2 is 2.06 bits per heavy atom. The molecule has 35 heavy (non-hydrogen) atoms. The zero-order valence-electron chi connectivity index (χ0n) is 20.0. The molecule has 3 aromatic rings. The number of tetrazole rings is 1. The van der Waals surface area contributed by atoms with E-state index in [1.54, 1.807) is 17.0 Å². The Kier molecular flexibility index (Phi) is 7.56. The van der Waals surface area contributed by atoms with Gasteiger partial charge >= 0.3 is 0 Å². The average molecular weight is 501 g/mol. The minimum Gasteiger partial charge on any atom is -0.376 e. The number of rotatable bonds is 8. The number of benzene rings is 1. The van der Waals surface area contributed by atoms with E-state index in [2.05, 4.69) is 20.7 Å². The maximum Gasteiger partial charge on any atom is 0.248 e. The van der Waals surface area contributed by atoms with Gasteiger partial charge in [0, 0.05) is 29.1 Å². The Morgan fingerprint density at radius 3 is 2.69 bits per heavy atom. The lowest BCUT2D eigenvalue weighted by Crippen LogP contribution is -2.51. The van der Waals surface area contributed by atoms with E-state index in [0.717, 1.165) is 17.7 Å². The first kappa shape index (κ1) is 24.9. The summed E-state index contributed by atoms with van der Waals surface area (Å²) < 4.78 is 19.0. The summed E-state index contributed by atoms with van der Waals surface area (Å²) >= 11 is 1.42. The minimum atomic E-state index is -0.814. The highest BCUT2D eigenvalue weighted by Gasteiger charge is 2.36. The second-order valence-electron chi connectivity index (χ2n) is 9.49. The molecule has 9 nitrogen and oxygen atoms in total. The number of aromatic nitrogens is 4. The van der Waals surface area contributed by atoms with Gasteiger partial charge in [-0.15, -0.1) is 21.5 Å². The number of nitrogens with one attached hydrogen (secondary N) is 1. The third kappa shape index (κ3) is 6.49. The third-order valence-corrected chi connectivity index (χ3v) is 6.37. The first-order valence-corrected chi connectivity index (χ1v) is 12.4. The van der Waals surface area contributed by atoms with Crippen LogP contribution in [0.3, 0.4) is 0 Å². The van der Waals surface area contributed by atoms with Crippen molar-refractivity contribution in [1.82, 2.24) is 30.4 Å². The van der Waals surface area contributed by atoms with E-state index < -0.39 is 11.6 Å². The summed E-state index contributed by atoms with van der Waals surface area (Å²) in [6.07, 6.45) is 1.58. The molecule has 0 radical (unpaired) electrons. The number of amides is 2. The lowest BCUT2D eigenvalue weighted by molar-refractivity contribution is -0.144. The number of carbonyl (C=O) groups excluding carboxylic acids is 2. The first-order valence-electron chi connectivity index (χ1n) is 11.5. The number of halogens is 1. The van der Waals surface area contributed by atoms with E-state index in [9.17, 15) is 14.0 Å². The van der Waals surface area contributed by atoms with E-state index in [-0.39, 0.29) is 42.6 Å². The highest BCUT2D eigenvalue weighted by molar-refractivity contribution is 7.10. The topological polar surface area (TPSA) is 102 Å². The van der Waals surface area contributed by atoms with Crippen LogP contribution in [0.1, 0.15) is 44.5 Å². The predicted molar refractivity (Wildman–Crippen MR) is 129 cm³/mol. The molecule has 1 aromatic carbocycles. The van der Waals surface area contributed by atoms with Crippen LogP contribution in [-0.4, -0.2) is 61.7 Å². The van der Waals surface area contributed by atoms with Crippen LogP contribution in [0.2, 0.25) is 0 Å². The van der Waals surface area contributed by atoms with Crippen molar-refractivity contribution in [2.45, 2.75) is 57.8 Å². The van der Waals surface area contributed by atoms with Gasteiger partial charge in [0.15, 0.2) is 0 Å². The van der Waals surface area contributed by atoms with Gasteiger partial charge in [0.05, 0.1) is 6.10 Å². The van der Waals surface area contributed by atoms with Gasteiger partial charge in [-0.3, -0.25) is 9.59 Å². The fraction of sp³-hybridized carbons (Fsp3) is 0.458. The Bertz CT molecular complexity index is 1140. The summed E-state index contributed by atoms with van der Waals surface area (Å²) in [6.45, 7) is 6.41. The van der Waals surface area contributed by atoms with E-state index in [4.69, 9.17) is 4.74 Å². The van der Waals surface area contributed by atoms with E-state index in [0.29, 0.717) is 12.2 Å². The number of carbonyl (C=O) groups is 2. The molecular weight excluding hydrogens is 471 g/mol. The summed E-state index contributed by atoms with van der Waals surface area (Å²) in [7, 11) is 0. The Balaban J connectivity index is 1.60. The first-order chi connectivity index (χ1) is 16.7. The Hall–Kier alpha value is -3.18. The summed E-state index contributed by atoms with van der Waals surface area (Å²) in [5, 5.41) is 17.2. The highest BCUT2D eigenvalue weighted by Crippen LogP contribution is 2.28. The van der Waals surface area contributed by atoms with E-state index in [1.807, 2.05) is 38.3 Å². The van der Waals surface area contributed by atoms with Gasteiger partial charge in [-0.2, -0.15) is 4.80 Å². The number of hydrogen-bond acceptors (Lipinski definition) is 7. The van der Waals surface area contributed by atoms with Crippen molar-refractivity contribution in [2.24, 2.45) is 0 Å². The van der Waals surface area contributed by atoms with Gasteiger partial charge in [0.2, 0.25) is 17.6 Å². The fourth-order valence-corrected chi connectivity index (χ4v) is 4.74. The molecule has 1 N–H and O–H groups in total. The molecule has 0 aliphatic carbocycles. The lowest BCUT2D eigenvalue weighted by Gasteiger charge is -2.34. The standard InChI is InChI=1S/C24H29FN6O3S/c1-24(2,3)26-23(33)21(19-7-5-13-35-19)30(14-18-6-4-12-34-18)20(32)15-31-28-22(27-29-31)16-8-10-17(25)11-9-16/h5,7-11,13,18,21H,4,6,12,14-15H2,1-3H3,(H,26,33)/t18-,21-/m0/s1. The number of ether oxygens (including phenoxy) is 1. The quantitative estimate of drug-likeness (QED) is 0.510. The smallest absolute Gasteiger partial charge is 0.248 e. The van der Waals surface area contributed by atoms with Crippen LogP contribution >= 0.6 is 11.3 Å². The summed E-state index contributed by atoms with van der Waals surface area (Å²) in [6, 6.07) is 8.62. The summed E-state index contributed by atoms with van der Waals surface area (Å²) in [5.41, 5.74) is 0.116. The Labute approximate surface area is 207 Å². The van der Waals surface area contributed by atoms with Crippen LogP contribution < -0.4 is 5.32 Å². The number of hydrogen-bond donors (Lipinski definition) is 1. The number of nitrogens with zero attached hydrogens (tertiary/aromatic N) is 5. The van der Waals surface area contributed by atoms with Gasteiger partial charge in [-0.05, 0) is 74.5 Å². The average Bonchev–Trinajstić information content (AvgIpc) is 3.56. The molecular formula is C24H29FN6O3S. The van der Waals surface area contributed by atoms with Crippen molar-refractivity contribution in [3.05, 3.63) is 52.5 Å². The fourth-order valence-electron chi connectivity index (χ4n) is 3.90. The van der Waals surface area contributed by atoms with Gasteiger partial charge < -0.3 is 15.0 Å². The molecule has 0 saturated carbocycles. The van der Waals surface area contributed by atoms with Crippen LogP contribution in [0.4, 0.5) is 4.39 Å². The van der Waals surface area contributed by atoms with Gasteiger partial charge in [0.1, 0.15) is 18.4 Å². The number of thiophene rings is 1. The predicted octanol–water partition coefficient (Wildman–Crippen LogP) is 3.20. The van der Waals surface area contributed by atoms with Crippen LogP contribution in [0.15, 0.2) is 41.8 Å². The molecule has 3 heterocycles. The van der Waals surface area contributed by atoms with Crippen molar-refractivity contribution in [1.29, 1.82) is 0 Å². The largest absolute Gasteiger partial charge is 0.376 e. The minimum absolute atomic E-state index is 0.151. The van der Waals surface area contributed by atoms with Crippen LogP contribution in [0.5, 0.6) is 0 Å². The molecule has 2 aromatic heterocycles. The van der Waals surface area contributed by atoms with Crippen molar-refractivity contribution in [3.8, 4) is 11.4 Å². The van der Waals surface area contributed by atoms with Gasteiger partial charge in [0.25, 0.3) is 0 Å². The monoisotopic (exact) mass is 500 g/mol. The zero-order chi connectivity index (χ0) is 25.0. The van der Waals surface area contributed by atoms with Crippen LogP contribution in [-0.2, 0) is 20.9 Å². The van der Waals surface area contributed by atoms with Crippen molar-refractivity contribution >= 4 is 23.2 Å². The van der Waals surface area contributed by atoms with Crippen LogP contribution in [0, 0.1) is 5.82 Å². The lowest BCUT2D eigenvalue weighted by atomic mass is 10.1. The van der Waals surface area contributed by atoms with E-state index in [1.165, 1.54) is 28.3 Å². The maximum atomic E-state index is 13.6. The molecule has 1 saturated heterocycles. The van der Waals surface area contributed by atoms with Gasteiger partial charge in [-0.25, -0.2) is 4.39 Å². The molecule has 1 fully saturated rings. The van der Waals surface area contributed by atoms with Crippen molar-refractivity contribution in [2.75, 3.05) is 13.2 Å². The van der Waals surface area contributed by atoms with Crippen molar-refractivity contribution < 1.29 is 18.7 Å². The van der Waals surface area contributed by atoms with Crippen LogP contribution in [0.25, 0.3) is 11.4 Å². The molecule has 1 aliphatic heterocycles. The summed E-state index contributed by atoms with van der Waals surface area (Å²) in [5.74, 6) is -0.672. The molecule has 0 spiro atoms. The molecule has 2 atom stereocenters.